The molecule has 0 fully saturated rings. The molecular formula is C10H20O2. The monoisotopic (exact) mass is 172 g/mol. The summed E-state index contributed by atoms with van der Waals surface area (Å²) in [6, 6.07) is 0. The van der Waals surface area contributed by atoms with Crippen molar-refractivity contribution in [2.75, 3.05) is 0 Å². The molecule has 0 bridgehead atoms. The maximum atomic E-state index is 10.2. The first kappa shape index (κ1) is 11.5. The van der Waals surface area contributed by atoms with Crippen molar-refractivity contribution in [3.05, 3.63) is 0 Å². The summed E-state index contributed by atoms with van der Waals surface area (Å²) in [4.78, 5) is 10.2. The highest BCUT2D eigenvalue weighted by Crippen LogP contribution is 2.31. The van der Waals surface area contributed by atoms with Gasteiger partial charge in [-0.25, -0.2) is 0 Å². The SMILES string of the molecule is CCC(C)(CC(C)(C)C)OC=O. The van der Waals surface area contributed by atoms with Gasteiger partial charge in [0.15, 0.2) is 0 Å². The zero-order valence-electron chi connectivity index (χ0n) is 8.81. The van der Waals surface area contributed by atoms with Crippen LogP contribution in [0.1, 0.15) is 47.5 Å². The third-order valence-electron chi connectivity index (χ3n) is 1.98. The Kier molecular flexibility index (Phi) is 3.75. The number of carbonyl (C=O) groups is 1. The summed E-state index contributed by atoms with van der Waals surface area (Å²) in [5, 5.41) is 0. The topological polar surface area (TPSA) is 26.3 Å². The van der Waals surface area contributed by atoms with E-state index in [1.807, 2.05) is 13.8 Å². The van der Waals surface area contributed by atoms with Crippen LogP contribution in [0.2, 0.25) is 0 Å². The van der Waals surface area contributed by atoms with Crippen molar-refractivity contribution >= 4 is 6.47 Å². The third-order valence-corrected chi connectivity index (χ3v) is 1.98. The zero-order chi connectivity index (χ0) is 9.83. The maximum Gasteiger partial charge on any atom is 0.293 e. The van der Waals surface area contributed by atoms with Crippen LogP contribution < -0.4 is 0 Å². The molecule has 0 aliphatic carbocycles. The van der Waals surface area contributed by atoms with Crippen molar-refractivity contribution in [3.8, 4) is 0 Å². The fraction of sp³-hybridized carbons (Fsp3) is 0.900. The Hall–Kier alpha value is -0.530. The normalized spacial score (nSPS) is 16.8. The van der Waals surface area contributed by atoms with Crippen LogP contribution in [-0.2, 0) is 9.53 Å². The lowest BCUT2D eigenvalue weighted by Gasteiger charge is -2.33. The maximum absolute atomic E-state index is 10.2. The van der Waals surface area contributed by atoms with Crippen molar-refractivity contribution in [3.63, 3.8) is 0 Å². The lowest BCUT2D eigenvalue weighted by molar-refractivity contribution is -0.145. The van der Waals surface area contributed by atoms with Crippen molar-refractivity contribution in [2.24, 2.45) is 5.41 Å². The fourth-order valence-electron chi connectivity index (χ4n) is 1.49. The Morgan fingerprint density at radius 2 is 1.75 bits per heavy atom. The number of hydrogen-bond donors (Lipinski definition) is 0. The van der Waals surface area contributed by atoms with E-state index in [4.69, 9.17) is 4.74 Å². The van der Waals surface area contributed by atoms with Gasteiger partial charge in [0.25, 0.3) is 6.47 Å². The minimum atomic E-state index is -0.292. The molecule has 0 N–H and O–H groups in total. The molecule has 0 saturated heterocycles. The van der Waals surface area contributed by atoms with Crippen LogP contribution in [0.5, 0.6) is 0 Å². The highest BCUT2D eigenvalue weighted by molar-refractivity contribution is 5.38. The summed E-state index contributed by atoms with van der Waals surface area (Å²) in [5.41, 5.74) is -0.0895. The molecule has 2 nitrogen and oxygen atoms in total. The van der Waals surface area contributed by atoms with E-state index < -0.39 is 0 Å². The minimum absolute atomic E-state index is 0.202. The molecule has 1 atom stereocenters. The summed E-state index contributed by atoms with van der Waals surface area (Å²) in [7, 11) is 0. The fourth-order valence-corrected chi connectivity index (χ4v) is 1.49. The smallest absolute Gasteiger partial charge is 0.293 e. The lowest BCUT2D eigenvalue weighted by atomic mass is 9.81. The first-order chi connectivity index (χ1) is 5.33. The molecule has 0 saturated carbocycles. The van der Waals surface area contributed by atoms with Gasteiger partial charge in [-0.1, -0.05) is 27.7 Å². The van der Waals surface area contributed by atoms with Crippen LogP contribution in [0.15, 0.2) is 0 Å². The van der Waals surface area contributed by atoms with E-state index in [1.165, 1.54) is 0 Å². The molecule has 0 aliphatic heterocycles. The Morgan fingerprint density at radius 1 is 1.25 bits per heavy atom. The van der Waals surface area contributed by atoms with Crippen LogP contribution in [0.4, 0.5) is 0 Å². The third kappa shape index (κ3) is 4.37. The summed E-state index contributed by atoms with van der Waals surface area (Å²) in [5.74, 6) is 0. The molecule has 0 aliphatic rings. The Labute approximate surface area is 75.3 Å². The van der Waals surface area contributed by atoms with Crippen LogP contribution in [0.3, 0.4) is 0 Å². The number of carbonyl (C=O) groups excluding carboxylic acids is 1. The van der Waals surface area contributed by atoms with Crippen LogP contribution in [0.25, 0.3) is 0 Å². The predicted molar refractivity (Wildman–Crippen MR) is 49.9 cm³/mol. The van der Waals surface area contributed by atoms with Gasteiger partial charge in [0.1, 0.15) is 5.60 Å². The van der Waals surface area contributed by atoms with Gasteiger partial charge >= 0.3 is 0 Å². The molecular weight excluding hydrogens is 152 g/mol. The van der Waals surface area contributed by atoms with Crippen LogP contribution in [0, 0.1) is 5.41 Å². The Bertz CT molecular complexity index is 146. The summed E-state index contributed by atoms with van der Waals surface area (Å²) in [6.45, 7) is 11.0. The van der Waals surface area contributed by atoms with Crippen LogP contribution >= 0.6 is 0 Å². The first-order valence-electron chi connectivity index (χ1n) is 4.44. The molecule has 0 heterocycles. The quantitative estimate of drug-likeness (QED) is 0.609. The van der Waals surface area contributed by atoms with Crippen molar-refractivity contribution < 1.29 is 9.53 Å². The Morgan fingerprint density at radius 3 is 2.00 bits per heavy atom. The molecule has 0 radical (unpaired) electrons. The lowest BCUT2D eigenvalue weighted by Crippen LogP contribution is -2.32. The van der Waals surface area contributed by atoms with Gasteiger partial charge in [-0.2, -0.15) is 0 Å². The Balaban J connectivity index is 4.23. The summed E-state index contributed by atoms with van der Waals surface area (Å²) >= 11 is 0. The van der Waals surface area contributed by atoms with Gasteiger partial charge in [0, 0.05) is 0 Å². The van der Waals surface area contributed by atoms with Gasteiger partial charge in [-0.05, 0) is 25.2 Å². The molecule has 0 aromatic heterocycles. The van der Waals surface area contributed by atoms with E-state index in [1.54, 1.807) is 0 Å². The van der Waals surface area contributed by atoms with Gasteiger partial charge in [0.05, 0.1) is 0 Å². The average molecular weight is 172 g/mol. The van der Waals surface area contributed by atoms with E-state index in [9.17, 15) is 4.79 Å². The van der Waals surface area contributed by atoms with Gasteiger partial charge in [-0.15, -0.1) is 0 Å². The molecule has 0 amide bonds. The standard InChI is InChI=1S/C10H20O2/c1-6-10(5,12-8-11)7-9(2,3)4/h8H,6-7H2,1-5H3. The van der Waals surface area contributed by atoms with Crippen molar-refractivity contribution in [1.82, 2.24) is 0 Å². The highest BCUT2D eigenvalue weighted by atomic mass is 16.5. The molecule has 12 heavy (non-hydrogen) atoms. The van der Waals surface area contributed by atoms with Gasteiger partial charge in [0.2, 0.25) is 0 Å². The largest absolute Gasteiger partial charge is 0.462 e. The highest BCUT2D eigenvalue weighted by Gasteiger charge is 2.29. The second-order valence-corrected chi connectivity index (χ2v) is 4.75. The average Bonchev–Trinajstić information content (AvgIpc) is 1.84. The van der Waals surface area contributed by atoms with E-state index in [0.29, 0.717) is 6.47 Å². The first-order valence-corrected chi connectivity index (χ1v) is 4.44. The van der Waals surface area contributed by atoms with E-state index in [2.05, 4.69) is 20.8 Å². The summed E-state index contributed by atoms with van der Waals surface area (Å²) < 4.78 is 5.07. The van der Waals surface area contributed by atoms with Gasteiger partial charge < -0.3 is 4.74 Å². The zero-order valence-corrected chi connectivity index (χ0v) is 8.81. The predicted octanol–water partition coefficient (Wildman–Crippen LogP) is 2.76. The molecule has 72 valence electrons. The molecule has 2 heteroatoms. The van der Waals surface area contributed by atoms with Crippen LogP contribution in [-0.4, -0.2) is 12.1 Å². The number of hydrogen-bond acceptors (Lipinski definition) is 2. The van der Waals surface area contributed by atoms with Crippen molar-refractivity contribution in [1.29, 1.82) is 0 Å². The second kappa shape index (κ2) is 3.92. The van der Waals surface area contributed by atoms with Gasteiger partial charge in [-0.3, -0.25) is 4.79 Å². The number of ether oxygens (including phenoxy) is 1. The minimum Gasteiger partial charge on any atom is -0.462 e. The molecule has 0 aromatic rings. The van der Waals surface area contributed by atoms with E-state index in [0.717, 1.165) is 12.8 Å². The van der Waals surface area contributed by atoms with E-state index in [-0.39, 0.29) is 11.0 Å². The molecule has 0 aromatic carbocycles. The molecule has 1 unspecified atom stereocenters. The molecule has 0 rings (SSSR count). The second-order valence-electron chi connectivity index (χ2n) is 4.75. The molecule has 0 spiro atoms. The summed E-state index contributed by atoms with van der Waals surface area (Å²) in [6.07, 6.45) is 1.76. The van der Waals surface area contributed by atoms with Crippen molar-refractivity contribution in [2.45, 2.75) is 53.1 Å². The van der Waals surface area contributed by atoms with E-state index >= 15 is 0 Å². The number of rotatable bonds is 4.